The number of nitrogens with zero attached hydrogens (tertiary/aromatic N) is 3. The van der Waals surface area contributed by atoms with E-state index in [1.54, 1.807) is 0 Å². The molecule has 4 heterocycles. The van der Waals surface area contributed by atoms with Gasteiger partial charge in [-0.25, -0.2) is 0 Å². The van der Waals surface area contributed by atoms with Gasteiger partial charge in [0, 0.05) is 49.0 Å². The normalized spacial score (nSPS) is 12.0. The topological polar surface area (TPSA) is 31.3 Å². The Balaban J connectivity index is 1.12. The number of benzene rings is 9. The third kappa shape index (κ3) is 4.84. The molecule has 0 saturated heterocycles. The highest BCUT2D eigenvalue weighted by Gasteiger charge is 2.27. The lowest BCUT2D eigenvalue weighted by Gasteiger charge is -2.13. The molecule has 4 heteroatoms. The van der Waals surface area contributed by atoms with E-state index in [0.717, 1.165) is 88.4 Å². The lowest BCUT2D eigenvalue weighted by molar-refractivity contribution is 1.02. The van der Waals surface area contributed by atoms with Crippen molar-refractivity contribution in [3.8, 4) is 44.9 Å². The Morgan fingerprint density at radius 3 is 1.39 bits per heavy atom. The fourth-order valence-corrected chi connectivity index (χ4v) is 10.1. The minimum Gasteiger partial charge on any atom is -0.309 e. The molecule has 0 aliphatic rings. The van der Waals surface area contributed by atoms with Crippen molar-refractivity contribution in [2.75, 3.05) is 0 Å². The summed E-state index contributed by atoms with van der Waals surface area (Å²) < 4.78 is 6.70. The molecule has 0 fully saturated rings. The summed E-state index contributed by atoms with van der Waals surface area (Å²) in [5, 5.41) is 8.47. The van der Waals surface area contributed by atoms with Crippen molar-refractivity contribution in [2.24, 2.45) is 0 Å². The maximum atomic E-state index is 15.2. The average Bonchev–Trinajstić information content (AvgIpc) is 3.97. The van der Waals surface area contributed by atoms with Crippen molar-refractivity contribution < 1.29 is 0 Å². The zero-order valence-electron chi connectivity index (χ0n) is 33.0. The van der Waals surface area contributed by atoms with Crippen molar-refractivity contribution in [3.05, 3.63) is 223 Å². The van der Waals surface area contributed by atoms with Crippen LogP contribution in [-0.2, 0) is 0 Å². The van der Waals surface area contributed by atoms with Crippen LogP contribution >= 0.6 is 0 Å². The maximum absolute atomic E-state index is 15.2. The Kier molecular flexibility index (Phi) is 7.13. The quantitative estimate of drug-likeness (QED) is 0.160. The summed E-state index contributed by atoms with van der Waals surface area (Å²) in [6.45, 7) is 0. The van der Waals surface area contributed by atoms with Crippen LogP contribution in [0.25, 0.3) is 116 Å². The number of para-hydroxylation sites is 3. The summed E-state index contributed by atoms with van der Waals surface area (Å²) in [5.74, 6) is 0.848. The molecule has 0 aliphatic carbocycles. The van der Waals surface area contributed by atoms with E-state index in [0.29, 0.717) is 5.39 Å². The van der Waals surface area contributed by atoms with Gasteiger partial charge in [0.2, 0.25) is 0 Å². The molecular formula is C57H35N3O. The van der Waals surface area contributed by atoms with Gasteiger partial charge >= 0.3 is 0 Å². The standard InChI is InChI=1S/C57H35N3O/c61-57-45-25-11-10-22-42(45)48-34-40(36-16-4-1-5-17-36)35-49-54(37-18-6-2-7-19-37)56(60(57)55(48)49)59-51-27-15-13-24-44(51)47-33-39(29-31-53(47)59)38-28-30-52-46(32-38)43-23-12-14-26-50(43)58(52)41-20-8-3-9-21-41/h1-35H. The highest BCUT2D eigenvalue weighted by atomic mass is 16.1. The monoisotopic (exact) mass is 777 g/mol. The molecule has 4 nitrogen and oxygen atoms in total. The number of hydrogen-bond donors (Lipinski definition) is 0. The van der Waals surface area contributed by atoms with Gasteiger partial charge in [-0.3, -0.25) is 13.8 Å². The van der Waals surface area contributed by atoms with Crippen LogP contribution in [0.1, 0.15) is 0 Å². The number of fused-ring (bicyclic) bond motifs is 8. The molecule has 0 amide bonds. The number of rotatable bonds is 5. The summed E-state index contributed by atoms with van der Waals surface area (Å²) in [5.41, 5.74) is 13.1. The maximum Gasteiger partial charge on any atom is 0.264 e. The van der Waals surface area contributed by atoms with Gasteiger partial charge in [-0.2, -0.15) is 0 Å². The lowest BCUT2D eigenvalue weighted by Crippen LogP contribution is -2.16. The Morgan fingerprint density at radius 2 is 0.754 bits per heavy atom. The van der Waals surface area contributed by atoms with Crippen molar-refractivity contribution >= 4 is 70.7 Å². The van der Waals surface area contributed by atoms with Crippen molar-refractivity contribution in [1.29, 1.82) is 0 Å². The highest BCUT2D eigenvalue weighted by Crippen LogP contribution is 2.46. The Hall–Kier alpha value is -8.21. The molecule has 4 aromatic heterocycles. The van der Waals surface area contributed by atoms with E-state index in [1.165, 1.54) is 21.8 Å². The van der Waals surface area contributed by atoms with E-state index >= 15 is 4.79 Å². The molecule has 0 aliphatic heterocycles. The minimum absolute atomic E-state index is 0.0248. The third-order valence-corrected chi connectivity index (χ3v) is 12.8. The molecule has 0 bridgehead atoms. The van der Waals surface area contributed by atoms with Crippen molar-refractivity contribution in [1.82, 2.24) is 13.5 Å². The second-order valence-electron chi connectivity index (χ2n) is 16.0. The smallest absolute Gasteiger partial charge is 0.264 e. The predicted octanol–water partition coefficient (Wildman–Crippen LogP) is 14.2. The van der Waals surface area contributed by atoms with Gasteiger partial charge in [0.05, 0.1) is 27.6 Å². The molecule has 13 aromatic rings. The Morgan fingerprint density at radius 1 is 0.295 bits per heavy atom. The molecule has 0 radical (unpaired) electrons. The largest absolute Gasteiger partial charge is 0.309 e. The van der Waals surface area contributed by atoms with E-state index in [1.807, 2.05) is 22.6 Å². The van der Waals surface area contributed by atoms with Gasteiger partial charge in [-0.1, -0.05) is 146 Å². The first kappa shape index (κ1) is 33.7. The van der Waals surface area contributed by atoms with Crippen LogP contribution in [0.3, 0.4) is 0 Å². The molecule has 284 valence electrons. The fraction of sp³-hybridized carbons (Fsp3) is 0. The van der Waals surface area contributed by atoms with Crippen LogP contribution in [0.15, 0.2) is 217 Å². The van der Waals surface area contributed by atoms with E-state index in [9.17, 15) is 0 Å². The summed E-state index contributed by atoms with van der Waals surface area (Å²) in [4.78, 5) is 15.2. The minimum atomic E-state index is -0.0248. The van der Waals surface area contributed by atoms with E-state index in [4.69, 9.17) is 0 Å². The second kappa shape index (κ2) is 12.9. The number of aromatic nitrogens is 3. The Labute approximate surface area is 350 Å². The predicted molar refractivity (Wildman–Crippen MR) is 255 cm³/mol. The van der Waals surface area contributed by atoms with E-state index in [2.05, 4.69) is 203 Å². The van der Waals surface area contributed by atoms with Crippen LogP contribution in [0.5, 0.6) is 0 Å². The molecule has 0 N–H and O–H groups in total. The van der Waals surface area contributed by atoms with Crippen molar-refractivity contribution in [3.63, 3.8) is 0 Å². The molecule has 9 aromatic carbocycles. The van der Waals surface area contributed by atoms with Gasteiger partial charge < -0.3 is 4.57 Å². The zero-order valence-corrected chi connectivity index (χ0v) is 33.0. The first-order valence-electron chi connectivity index (χ1n) is 20.8. The first-order chi connectivity index (χ1) is 30.2. The molecule has 0 spiro atoms. The van der Waals surface area contributed by atoms with Gasteiger partial charge in [-0.15, -0.1) is 0 Å². The summed E-state index contributed by atoms with van der Waals surface area (Å²) in [7, 11) is 0. The average molecular weight is 778 g/mol. The number of pyridine rings is 1. The summed E-state index contributed by atoms with van der Waals surface area (Å²) >= 11 is 0. The lowest BCUT2D eigenvalue weighted by atomic mass is 9.95. The molecule has 61 heavy (non-hydrogen) atoms. The van der Waals surface area contributed by atoms with Gasteiger partial charge in [0.15, 0.2) is 0 Å². The van der Waals surface area contributed by atoms with Crippen LogP contribution in [0.4, 0.5) is 0 Å². The SMILES string of the molecule is O=c1c2ccccc2c2cc(-c3ccccc3)cc3c(-c4ccccc4)c(-n4c5ccccc5c5cc(-c6ccc7c(c6)c6ccccc6n7-c6ccccc6)ccc54)n1c32. The van der Waals surface area contributed by atoms with E-state index in [-0.39, 0.29) is 5.56 Å². The van der Waals surface area contributed by atoms with Crippen LogP contribution in [0.2, 0.25) is 0 Å². The molecular weight excluding hydrogens is 743 g/mol. The van der Waals surface area contributed by atoms with E-state index < -0.39 is 0 Å². The summed E-state index contributed by atoms with van der Waals surface area (Å²) in [6.07, 6.45) is 0. The molecule has 0 saturated carbocycles. The highest BCUT2D eigenvalue weighted by molar-refractivity contribution is 6.20. The molecule has 13 rings (SSSR count). The van der Waals surface area contributed by atoms with Gasteiger partial charge in [0.25, 0.3) is 5.56 Å². The second-order valence-corrected chi connectivity index (χ2v) is 16.0. The van der Waals surface area contributed by atoms with Gasteiger partial charge in [-0.05, 0) is 99.9 Å². The Bertz CT molecular complexity index is 3930. The van der Waals surface area contributed by atoms with Crippen molar-refractivity contribution in [2.45, 2.75) is 0 Å². The molecule has 0 unspecified atom stereocenters. The van der Waals surface area contributed by atoms with Crippen LogP contribution in [0, 0.1) is 0 Å². The number of hydrogen-bond acceptors (Lipinski definition) is 1. The first-order valence-corrected chi connectivity index (χ1v) is 20.8. The zero-order chi connectivity index (χ0) is 40.2. The van der Waals surface area contributed by atoms with Crippen LogP contribution < -0.4 is 5.56 Å². The third-order valence-electron chi connectivity index (χ3n) is 12.8. The van der Waals surface area contributed by atoms with Crippen LogP contribution in [-0.4, -0.2) is 13.5 Å². The summed E-state index contributed by atoms with van der Waals surface area (Å²) in [6, 6.07) is 75.4. The molecule has 0 atom stereocenters. The fourth-order valence-electron chi connectivity index (χ4n) is 10.1. The van der Waals surface area contributed by atoms with Gasteiger partial charge in [0.1, 0.15) is 5.82 Å².